The van der Waals surface area contributed by atoms with Crippen LogP contribution < -0.4 is 2.07 Å². The number of hydrogen-bond acceptors (Lipinski definition) is 2. The van der Waals surface area contributed by atoms with Crippen LogP contribution in [-0.4, -0.2) is 8.42 Å². The number of sulfonamides is 1. The molecule has 0 aliphatic rings. The van der Waals surface area contributed by atoms with E-state index in [1.54, 1.807) is 14.2 Å². The minimum absolute atomic E-state index is 0.389. The van der Waals surface area contributed by atoms with Gasteiger partial charge in [0.15, 0.2) is 0 Å². The molecule has 0 unspecified atom stereocenters. The van der Waals surface area contributed by atoms with Crippen LogP contribution in [0.15, 0.2) is 59.5 Å². The van der Waals surface area contributed by atoms with Crippen molar-refractivity contribution in [2.45, 2.75) is 22.7 Å². The van der Waals surface area contributed by atoms with E-state index < -0.39 is 34.9 Å². The summed E-state index contributed by atoms with van der Waals surface area (Å²) in [6, 6.07) is 16.5. The Kier molecular flexibility index (Phi) is 5.21. The van der Waals surface area contributed by atoms with Gasteiger partial charge < -0.3 is 0 Å². The van der Waals surface area contributed by atoms with Crippen LogP contribution in [-0.2, 0) is 34.9 Å². The number of hydrogen-bond donors (Lipinski definition) is 0. The van der Waals surface area contributed by atoms with E-state index in [0.717, 1.165) is 15.2 Å². The van der Waals surface area contributed by atoms with Gasteiger partial charge in [0.25, 0.3) is 0 Å². The molecule has 2 aromatic carbocycles. The Labute approximate surface area is 133 Å². The first kappa shape index (κ1) is 15.5. The van der Waals surface area contributed by atoms with Crippen molar-refractivity contribution in [3.8, 4) is 0 Å². The number of anilines is 1. The van der Waals surface area contributed by atoms with Gasteiger partial charge in [-0.15, -0.1) is 0 Å². The maximum absolute atomic E-state index is 12.8. The van der Waals surface area contributed by atoms with Crippen molar-refractivity contribution in [3.63, 3.8) is 0 Å². The SMILES string of the molecule is C[CH2][Hg][N](c1ccccc1)S(=O)(=O)c1ccc(C)cc1. The van der Waals surface area contributed by atoms with Crippen molar-refractivity contribution in [1.29, 1.82) is 0 Å². The Morgan fingerprint density at radius 1 is 1.00 bits per heavy atom. The minimum atomic E-state index is -3.40. The third-order valence-electron chi connectivity index (χ3n) is 3.08. The zero-order valence-electron chi connectivity index (χ0n) is 11.8. The van der Waals surface area contributed by atoms with Gasteiger partial charge in [-0.25, -0.2) is 0 Å². The third kappa shape index (κ3) is 3.41. The van der Waals surface area contributed by atoms with E-state index in [9.17, 15) is 8.42 Å². The molecule has 5 heteroatoms. The van der Waals surface area contributed by atoms with Crippen LogP contribution in [0.1, 0.15) is 12.5 Å². The van der Waals surface area contributed by atoms with Gasteiger partial charge in [0, 0.05) is 0 Å². The topological polar surface area (TPSA) is 37.4 Å². The zero-order chi connectivity index (χ0) is 14.6. The normalized spacial score (nSPS) is 10.9. The second-order valence-electron chi connectivity index (χ2n) is 4.73. The summed E-state index contributed by atoms with van der Waals surface area (Å²) < 4.78 is 28.3. The Bertz CT molecular complexity index is 654. The number of nitrogens with zero attached hydrogens (tertiary/aromatic N) is 1. The molecule has 2 rings (SSSR count). The van der Waals surface area contributed by atoms with Gasteiger partial charge in [-0.3, -0.25) is 0 Å². The molecule has 0 aliphatic carbocycles. The van der Waals surface area contributed by atoms with Crippen molar-refractivity contribution < 1.29 is 33.3 Å². The summed E-state index contributed by atoms with van der Waals surface area (Å²) in [4.78, 5) is 0.389. The molecule has 0 fully saturated rings. The molecule has 0 radical (unpaired) electrons. The summed E-state index contributed by atoms with van der Waals surface area (Å²) >= 11 is -1.68. The monoisotopic (exact) mass is 477 g/mol. The van der Waals surface area contributed by atoms with E-state index in [2.05, 4.69) is 6.92 Å². The van der Waals surface area contributed by atoms with Gasteiger partial charge in [-0.05, 0) is 0 Å². The van der Waals surface area contributed by atoms with Crippen molar-refractivity contribution >= 4 is 15.7 Å². The standard InChI is InChI=1S/C13H12NO2S.C2H5.Hg/c1-11-7-9-13(10-8-11)17(15,16)14-12-5-3-2-4-6-12;1-2;/h2-10H,1H3;1H2,2H3;/q-1;;+1. The van der Waals surface area contributed by atoms with E-state index in [4.69, 9.17) is 0 Å². The molecule has 0 atom stereocenters. The first-order valence-electron chi connectivity index (χ1n) is 6.70. The van der Waals surface area contributed by atoms with Gasteiger partial charge in [-0.2, -0.15) is 0 Å². The second kappa shape index (κ2) is 6.72. The Morgan fingerprint density at radius 2 is 1.60 bits per heavy atom. The Morgan fingerprint density at radius 3 is 2.15 bits per heavy atom. The molecular formula is C15H17HgNO2S. The fraction of sp³-hybridized carbons (Fsp3) is 0.200. The molecule has 0 N–H and O–H groups in total. The molecule has 20 heavy (non-hydrogen) atoms. The predicted octanol–water partition coefficient (Wildman–Crippen LogP) is 3.63. The zero-order valence-corrected chi connectivity index (χ0v) is 18.1. The van der Waals surface area contributed by atoms with Gasteiger partial charge in [0.2, 0.25) is 0 Å². The van der Waals surface area contributed by atoms with Gasteiger partial charge in [0.1, 0.15) is 0 Å². The van der Waals surface area contributed by atoms with Gasteiger partial charge in [-0.1, -0.05) is 0 Å². The summed E-state index contributed by atoms with van der Waals surface area (Å²) in [5.74, 6) is 0. The average Bonchev–Trinajstić information content (AvgIpc) is 2.46. The van der Waals surface area contributed by atoms with E-state index in [1.807, 2.05) is 49.4 Å². The van der Waals surface area contributed by atoms with E-state index >= 15 is 0 Å². The van der Waals surface area contributed by atoms with Crippen molar-refractivity contribution in [1.82, 2.24) is 0 Å². The average molecular weight is 476 g/mol. The summed E-state index contributed by atoms with van der Waals surface area (Å²) in [7, 11) is -3.40. The molecule has 0 saturated heterocycles. The fourth-order valence-electron chi connectivity index (χ4n) is 2.02. The van der Waals surface area contributed by atoms with Crippen LogP contribution in [0.2, 0.25) is 3.93 Å². The number of para-hydroxylation sites is 1. The summed E-state index contributed by atoms with van der Waals surface area (Å²) in [5, 5.41) is 0. The number of rotatable bonds is 5. The molecule has 102 valence electrons. The van der Waals surface area contributed by atoms with E-state index in [0.29, 0.717) is 4.90 Å². The van der Waals surface area contributed by atoms with Gasteiger partial charge in [0.05, 0.1) is 0 Å². The van der Waals surface area contributed by atoms with Crippen molar-refractivity contribution in [2.24, 2.45) is 0 Å². The Balaban J connectivity index is 2.45. The van der Waals surface area contributed by atoms with Crippen LogP contribution in [0, 0.1) is 6.92 Å². The summed E-state index contributed by atoms with van der Waals surface area (Å²) in [6.45, 7) is 4.03. The molecule has 0 aromatic heterocycles. The van der Waals surface area contributed by atoms with Crippen LogP contribution in [0.25, 0.3) is 0 Å². The molecule has 2 aromatic rings. The molecule has 3 nitrogen and oxygen atoms in total. The molecule has 0 bridgehead atoms. The molecule has 0 amide bonds. The van der Waals surface area contributed by atoms with Crippen molar-refractivity contribution in [3.05, 3.63) is 60.2 Å². The Hall–Kier alpha value is -0.875. The molecule has 0 aliphatic heterocycles. The van der Waals surface area contributed by atoms with E-state index in [-0.39, 0.29) is 0 Å². The maximum atomic E-state index is 12.8. The number of aryl methyl sites for hydroxylation is 1. The molecular weight excluding hydrogens is 459 g/mol. The van der Waals surface area contributed by atoms with Gasteiger partial charge >= 0.3 is 134 Å². The number of benzene rings is 2. The van der Waals surface area contributed by atoms with Crippen LogP contribution in [0.3, 0.4) is 0 Å². The van der Waals surface area contributed by atoms with E-state index in [1.165, 1.54) is 0 Å². The van der Waals surface area contributed by atoms with Crippen LogP contribution >= 0.6 is 0 Å². The predicted molar refractivity (Wildman–Crippen MR) is 77.8 cm³/mol. The molecule has 0 heterocycles. The van der Waals surface area contributed by atoms with Crippen molar-refractivity contribution in [2.75, 3.05) is 2.07 Å². The summed E-state index contributed by atoms with van der Waals surface area (Å²) in [5.41, 5.74) is 1.87. The summed E-state index contributed by atoms with van der Waals surface area (Å²) in [6.07, 6.45) is 0. The fourth-order valence-corrected chi connectivity index (χ4v) is 12.9. The quantitative estimate of drug-likeness (QED) is 0.619. The molecule has 0 saturated carbocycles. The third-order valence-corrected chi connectivity index (χ3v) is 15.0. The first-order chi connectivity index (χ1) is 9.55. The first-order valence-corrected chi connectivity index (χ1v) is 14.5. The van der Waals surface area contributed by atoms with Crippen LogP contribution in [0.4, 0.5) is 5.69 Å². The molecule has 0 spiro atoms. The van der Waals surface area contributed by atoms with Crippen LogP contribution in [0.5, 0.6) is 0 Å². The second-order valence-corrected chi connectivity index (χ2v) is 16.5.